The van der Waals surface area contributed by atoms with Crippen molar-refractivity contribution in [2.45, 2.75) is 38.8 Å². The monoisotopic (exact) mass is 207 g/mol. The molecular weight excluding hydrogens is 189 g/mol. The van der Waals surface area contributed by atoms with Gasteiger partial charge < -0.3 is 5.32 Å². The van der Waals surface area contributed by atoms with E-state index in [1.165, 1.54) is 18.9 Å². The Morgan fingerprint density at radius 2 is 2.00 bits per heavy atom. The maximum absolute atomic E-state index is 13.4. The highest BCUT2D eigenvalue weighted by Gasteiger charge is 2.26. The molecule has 0 spiro atoms. The van der Waals surface area contributed by atoms with Crippen LogP contribution in [0.3, 0.4) is 0 Å². The lowest BCUT2D eigenvalue weighted by Crippen LogP contribution is -2.41. The van der Waals surface area contributed by atoms with Gasteiger partial charge in [0.25, 0.3) is 0 Å². The molecule has 0 bridgehead atoms. The molecule has 82 valence electrons. The third kappa shape index (κ3) is 2.37. The van der Waals surface area contributed by atoms with Gasteiger partial charge in [0.1, 0.15) is 5.82 Å². The molecular formula is C13H18FN. The van der Waals surface area contributed by atoms with Crippen molar-refractivity contribution < 1.29 is 4.39 Å². The molecule has 0 radical (unpaired) electrons. The third-order valence-electron chi connectivity index (χ3n) is 3.23. The average Bonchev–Trinajstić information content (AvgIpc) is 2.16. The molecule has 1 aliphatic rings. The van der Waals surface area contributed by atoms with E-state index in [1.54, 1.807) is 6.07 Å². The molecule has 0 saturated heterocycles. The van der Waals surface area contributed by atoms with Crippen molar-refractivity contribution in [3.63, 3.8) is 0 Å². The summed E-state index contributed by atoms with van der Waals surface area (Å²) in [7, 11) is 0. The van der Waals surface area contributed by atoms with Gasteiger partial charge in [0.2, 0.25) is 0 Å². The lowest BCUT2D eigenvalue weighted by Gasteiger charge is -2.35. The van der Waals surface area contributed by atoms with Crippen molar-refractivity contribution in [2.75, 3.05) is 0 Å². The van der Waals surface area contributed by atoms with Crippen LogP contribution in [0.4, 0.5) is 4.39 Å². The first-order valence-electron chi connectivity index (χ1n) is 5.67. The highest BCUT2D eigenvalue weighted by molar-refractivity contribution is 5.20. The minimum atomic E-state index is -0.107. The zero-order valence-electron chi connectivity index (χ0n) is 9.33. The molecule has 1 fully saturated rings. The lowest BCUT2D eigenvalue weighted by molar-refractivity contribution is 0.225. The number of hydrogen-bond acceptors (Lipinski definition) is 1. The first kappa shape index (κ1) is 10.6. The van der Waals surface area contributed by atoms with Crippen molar-refractivity contribution in [3.05, 3.63) is 35.6 Å². The van der Waals surface area contributed by atoms with E-state index < -0.39 is 0 Å². The van der Waals surface area contributed by atoms with E-state index in [4.69, 9.17) is 0 Å². The summed E-state index contributed by atoms with van der Waals surface area (Å²) < 4.78 is 13.4. The summed E-state index contributed by atoms with van der Waals surface area (Å²) in [5.74, 6) is 0.722. The smallest absolute Gasteiger partial charge is 0.127 e. The van der Waals surface area contributed by atoms with Crippen LogP contribution < -0.4 is 5.32 Å². The fraction of sp³-hybridized carbons (Fsp3) is 0.538. The Morgan fingerprint density at radius 1 is 1.33 bits per heavy atom. The fourth-order valence-electron chi connectivity index (χ4n) is 2.31. The maximum Gasteiger partial charge on any atom is 0.127 e. The largest absolute Gasteiger partial charge is 0.307 e. The summed E-state index contributed by atoms with van der Waals surface area (Å²) in [5, 5.41) is 3.46. The average molecular weight is 207 g/mol. The van der Waals surface area contributed by atoms with E-state index in [9.17, 15) is 4.39 Å². The normalized spacial score (nSPS) is 27.1. The maximum atomic E-state index is 13.4. The summed E-state index contributed by atoms with van der Waals surface area (Å²) in [6.45, 7) is 4.29. The lowest BCUT2D eigenvalue weighted by atomic mass is 9.81. The van der Waals surface area contributed by atoms with Gasteiger partial charge in [-0.3, -0.25) is 0 Å². The van der Waals surface area contributed by atoms with Crippen LogP contribution in [-0.4, -0.2) is 6.04 Å². The van der Waals surface area contributed by atoms with Crippen molar-refractivity contribution >= 4 is 0 Å². The number of rotatable bonds is 3. The summed E-state index contributed by atoms with van der Waals surface area (Å²) in [6.07, 6.45) is 2.44. The Labute approximate surface area is 90.7 Å². The Hall–Kier alpha value is -0.890. The molecule has 0 aliphatic heterocycles. The Bertz CT molecular complexity index is 331. The second-order valence-electron chi connectivity index (χ2n) is 4.68. The molecule has 1 atom stereocenters. The number of halogens is 1. The number of nitrogens with one attached hydrogen (secondary N) is 1. The Morgan fingerprint density at radius 3 is 2.60 bits per heavy atom. The van der Waals surface area contributed by atoms with Gasteiger partial charge in [-0.1, -0.05) is 25.1 Å². The molecule has 0 amide bonds. The summed E-state index contributed by atoms with van der Waals surface area (Å²) >= 11 is 0. The van der Waals surface area contributed by atoms with Crippen LogP contribution in [-0.2, 0) is 0 Å². The molecule has 1 aromatic carbocycles. The molecule has 0 heterocycles. The van der Waals surface area contributed by atoms with E-state index in [1.807, 2.05) is 19.1 Å². The van der Waals surface area contributed by atoms with Gasteiger partial charge in [0.15, 0.2) is 0 Å². The summed E-state index contributed by atoms with van der Waals surface area (Å²) in [6, 6.07) is 7.70. The van der Waals surface area contributed by atoms with Crippen LogP contribution in [0.5, 0.6) is 0 Å². The van der Waals surface area contributed by atoms with Crippen molar-refractivity contribution in [3.8, 4) is 0 Å². The number of hydrogen-bond donors (Lipinski definition) is 1. The highest BCUT2D eigenvalue weighted by Crippen LogP contribution is 2.29. The fourth-order valence-corrected chi connectivity index (χ4v) is 2.31. The third-order valence-corrected chi connectivity index (χ3v) is 3.23. The van der Waals surface area contributed by atoms with E-state index in [2.05, 4.69) is 12.2 Å². The molecule has 1 aliphatic carbocycles. The minimum Gasteiger partial charge on any atom is -0.307 e. The second kappa shape index (κ2) is 4.31. The van der Waals surface area contributed by atoms with Crippen LogP contribution >= 0.6 is 0 Å². The van der Waals surface area contributed by atoms with Crippen LogP contribution in [0.15, 0.2) is 24.3 Å². The SMILES string of the molecule is CC1CC(N[C@H](C)c2ccccc2F)C1. The van der Waals surface area contributed by atoms with E-state index >= 15 is 0 Å². The van der Waals surface area contributed by atoms with Gasteiger partial charge in [-0.25, -0.2) is 4.39 Å². The Kier molecular flexibility index (Phi) is 3.06. The van der Waals surface area contributed by atoms with Crippen molar-refractivity contribution in [2.24, 2.45) is 5.92 Å². The van der Waals surface area contributed by atoms with Crippen LogP contribution in [0.25, 0.3) is 0 Å². The van der Waals surface area contributed by atoms with Gasteiger partial charge in [0, 0.05) is 17.6 Å². The molecule has 1 N–H and O–H groups in total. The minimum absolute atomic E-state index is 0.107. The van der Waals surface area contributed by atoms with Crippen molar-refractivity contribution in [1.29, 1.82) is 0 Å². The predicted molar refractivity (Wildman–Crippen MR) is 60.1 cm³/mol. The predicted octanol–water partition coefficient (Wildman–Crippen LogP) is 3.27. The van der Waals surface area contributed by atoms with Crippen LogP contribution in [0, 0.1) is 11.7 Å². The molecule has 2 heteroatoms. The summed E-state index contributed by atoms with van der Waals surface area (Å²) in [4.78, 5) is 0. The molecule has 1 saturated carbocycles. The van der Waals surface area contributed by atoms with E-state index in [0.29, 0.717) is 6.04 Å². The van der Waals surface area contributed by atoms with Gasteiger partial charge in [-0.15, -0.1) is 0 Å². The zero-order chi connectivity index (χ0) is 10.8. The topological polar surface area (TPSA) is 12.0 Å². The quantitative estimate of drug-likeness (QED) is 0.802. The molecule has 2 rings (SSSR count). The Balaban J connectivity index is 1.96. The van der Waals surface area contributed by atoms with Crippen molar-refractivity contribution in [1.82, 2.24) is 5.32 Å². The summed E-state index contributed by atoms with van der Waals surface area (Å²) in [5.41, 5.74) is 0.775. The van der Waals surface area contributed by atoms with Crippen LogP contribution in [0.1, 0.15) is 38.3 Å². The van der Waals surface area contributed by atoms with Gasteiger partial charge in [-0.2, -0.15) is 0 Å². The van der Waals surface area contributed by atoms with Gasteiger partial charge in [0.05, 0.1) is 0 Å². The molecule has 1 aromatic rings. The number of benzene rings is 1. The van der Waals surface area contributed by atoms with Gasteiger partial charge in [-0.05, 0) is 31.7 Å². The molecule has 0 unspecified atom stereocenters. The first-order valence-corrected chi connectivity index (χ1v) is 5.67. The molecule has 0 aromatic heterocycles. The van der Waals surface area contributed by atoms with E-state index in [-0.39, 0.29) is 11.9 Å². The van der Waals surface area contributed by atoms with Gasteiger partial charge >= 0.3 is 0 Å². The standard InChI is InChI=1S/C13H18FN/c1-9-7-11(8-9)15-10(2)12-5-3-4-6-13(12)14/h3-6,9-11,15H,7-8H2,1-2H3/t9?,10-,11?/m1/s1. The second-order valence-corrected chi connectivity index (χ2v) is 4.68. The molecule has 15 heavy (non-hydrogen) atoms. The first-order chi connectivity index (χ1) is 7.16. The van der Waals surface area contributed by atoms with E-state index in [0.717, 1.165) is 11.5 Å². The highest BCUT2D eigenvalue weighted by atomic mass is 19.1. The molecule has 1 nitrogen and oxygen atoms in total. The zero-order valence-corrected chi connectivity index (χ0v) is 9.33. The van der Waals surface area contributed by atoms with Crippen LogP contribution in [0.2, 0.25) is 0 Å².